The van der Waals surface area contributed by atoms with E-state index in [1.54, 1.807) is 56.4 Å². The number of anilines is 1. The first-order valence-corrected chi connectivity index (χ1v) is 11.2. The van der Waals surface area contributed by atoms with Gasteiger partial charge in [0, 0.05) is 18.9 Å². The Morgan fingerprint density at radius 1 is 1.10 bits per heavy atom. The van der Waals surface area contributed by atoms with Crippen molar-refractivity contribution in [3.63, 3.8) is 0 Å². The molecule has 1 amide bonds. The van der Waals surface area contributed by atoms with Gasteiger partial charge in [-0.05, 0) is 24.1 Å². The Bertz CT molecular complexity index is 1120. The van der Waals surface area contributed by atoms with Crippen molar-refractivity contribution < 1.29 is 17.6 Å². The van der Waals surface area contributed by atoms with Crippen LogP contribution in [0.2, 0.25) is 0 Å². The molecule has 0 fully saturated rings. The number of rotatable bonds is 5. The molecule has 0 atom stereocenters. The first-order chi connectivity index (χ1) is 13.2. The van der Waals surface area contributed by atoms with Crippen molar-refractivity contribution in [2.24, 2.45) is 0 Å². The van der Waals surface area contributed by atoms with Gasteiger partial charge in [0.2, 0.25) is 5.91 Å². The average Bonchev–Trinajstić information content (AvgIpc) is 3.04. The van der Waals surface area contributed by atoms with Gasteiger partial charge < -0.3 is 0 Å². The molecule has 30 heavy (non-hydrogen) atoms. The van der Waals surface area contributed by atoms with Crippen molar-refractivity contribution in [2.45, 2.75) is 32.4 Å². The molecule has 1 aromatic heterocycles. The van der Waals surface area contributed by atoms with Crippen LogP contribution in [0.25, 0.3) is 11.1 Å². The number of carbonyl (C=O) groups excluding carboxylic acids is 1. The third kappa shape index (κ3) is 5.52. The molecule has 0 saturated heterocycles. The third-order valence-corrected chi connectivity index (χ3v) is 7.39. The molecule has 0 radical (unpaired) electrons. The van der Waals surface area contributed by atoms with E-state index in [-0.39, 0.29) is 37.2 Å². The third-order valence-electron chi connectivity index (χ3n) is 4.23. The SMILES string of the molecule is C.C.Cc1nc(N(C)C(=O)Cc2ccc(-c3ccccc3F)cc2)sc1S(C)(=O)=O. The fourth-order valence-corrected chi connectivity index (χ4v) is 4.95. The number of hydrogen-bond donors (Lipinski definition) is 0. The van der Waals surface area contributed by atoms with Gasteiger partial charge in [-0.3, -0.25) is 9.69 Å². The summed E-state index contributed by atoms with van der Waals surface area (Å²) in [6, 6.07) is 13.6. The van der Waals surface area contributed by atoms with Crippen LogP contribution in [-0.4, -0.2) is 32.6 Å². The normalized spacial score (nSPS) is 10.7. The van der Waals surface area contributed by atoms with Crippen molar-refractivity contribution in [3.05, 3.63) is 65.6 Å². The molecule has 162 valence electrons. The van der Waals surface area contributed by atoms with Crippen LogP contribution in [0.1, 0.15) is 26.1 Å². The Morgan fingerprint density at radius 2 is 1.70 bits per heavy atom. The lowest BCUT2D eigenvalue weighted by molar-refractivity contribution is -0.117. The van der Waals surface area contributed by atoms with Crippen LogP contribution in [0.5, 0.6) is 0 Å². The van der Waals surface area contributed by atoms with E-state index in [1.165, 1.54) is 11.0 Å². The maximum absolute atomic E-state index is 13.9. The van der Waals surface area contributed by atoms with E-state index < -0.39 is 9.84 Å². The van der Waals surface area contributed by atoms with E-state index in [4.69, 9.17) is 0 Å². The van der Waals surface area contributed by atoms with Crippen LogP contribution in [-0.2, 0) is 21.1 Å². The van der Waals surface area contributed by atoms with Crippen molar-refractivity contribution in [2.75, 3.05) is 18.2 Å². The topological polar surface area (TPSA) is 67.3 Å². The standard InChI is InChI=1S/C20H19FN2O3S2.2CH4/c1-13-19(28(3,25)26)27-20(22-13)23(2)18(24)12-14-8-10-15(11-9-14)16-6-4-5-7-17(16)21;;/h4-11H,12H2,1-3H3;2*1H4. The van der Waals surface area contributed by atoms with Gasteiger partial charge in [-0.1, -0.05) is 68.7 Å². The van der Waals surface area contributed by atoms with E-state index in [0.29, 0.717) is 16.4 Å². The van der Waals surface area contributed by atoms with Crippen LogP contribution >= 0.6 is 11.3 Å². The Balaban J connectivity index is 0.00000225. The predicted octanol–water partition coefficient (Wildman–Crippen LogP) is 5.14. The molecule has 0 bridgehead atoms. The minimum atomic E-state index is -3.38. The molecule has 3 aromatic rings. The predicted molar refractivity (Wildman–Crippen MR) is 122 cm³/mol. The van der Waals surface area contributed by atoms with E-state index >= 15 is 0 Å². The molecule has 5 nitrogen and oxygen atoms in total. The maximum Gasteiger partial charge on any atom is 0.232 e. The molecule has 3 rings (SSSR count). The monoisotopic (exact) mass is 450 g/mol. The largest absolute Gasteiger partial charge is 0.291 e. The molecule has 0 unspecified atom stereocenters. The first kappa shape index (κ1) is 25.5. The highest BCUT2D eigenvalue weighted by Gasteiger charge is 2.21. The Labute approximate surface area is 182 Å². The van der Waals surface area contributed by atoms with E-state index in [9.17, 15) is 17.6 Å². The van der Waals surface area contributed by atoms with Crippen molar-refractivity contribution in [1.82, 2.24) is 4.98 Å². The Kier molecular flexibility index (Phi) is 8.44. The van der Waals surface area contributed by atoms with Crippen LogP contribution in [0.4, 0.5) is 9.52 Å². The number of carbonyl (C=O) groups is 1. The summed E-state index contributed by atoms with van der Waals surface area (Å²) in [4.78, 5) is 18.1. The first-order valence-electron chi connectivity index (χ1n) is 8.44. The van der Waals surface area contributed by atoms with Gasteiger partial charge >= 0.3 is 0 Å². The van der Waals surface area contributed by atoms with Gasteiger partial charge in [-0.2, -0.15) is 0 Å². The molecule has 0 N–H and O–H groups in total. The minimum Gasteiger partial charge on any atom is -0.291 e. The van der Waals surface area contributed by atoms with E-state index in [2.05, 4.69) is 4.98 Å². The molecule has 2 aromatic carbocycles. The highest BCUT2D eigenvalue weighted by atomic mass is 32.2. The lowest BCUT2D eigenvalue weighted by Crippen LogP contribution is -2.27. The minimum absolute atomic E-state index is 0. The fraction of sp³-hybridized carbons (Fsp3) is 0.273. The number of aromatic nitrogens is 1. The van der Waals surface area contributed by atoms with Crippen LogP contribution < -0.4 is 4.90 Å². The summed E-state index contributed by atoms with van der Waals surface area (Å²) in [6.07, 6.45) is 1.25. The number of likely N-dealkylation sites (N-methyl/N-ethyl adjacent to an activating group) is 1. The molecular weight excluding hydrogens is 423 g/mol. The van der Waals surface area contributed by atoms with E-state index in [1.807, 2.05) is 0 Å². The average molecular weight is 451 g/mol. The number of thiazole rings is 1. The Hall–Kier alpha value is -2.58. The van der Waals surface area contributed by atoms with Gasteiger partial charge in [0.25, 0.3) is 0 Å². The molecule has 0 aliphatic rings. The smallest absolute Gasteiger partial charge is 0.232 e. The number of nitrogens with zero attached hydrogens (tertiary/aromatic N) is 2. The van der Waals surface area contributed by atoms with Gasteiger partial charge in [0.05, 0.1) is 12.1 Å². The zero-order chi connectivity index (χ0) is 20.5. The molecule has 0 spiro atoms. The highest BCUT2D eigenvalue weighted by molar-refractivity contribution is 7.92. The lowest BCUT2D eigenvalue weighted by Gasteiger charge is -2.14. The summed E-state index contributed by atoms with van der Waals surface area (Å²) < 4.78 is 37.6. The lowest BCUT2D eigenvalue weighted by atomic mass is 10.0. The van der Waals surface area contributed by atoms with Crippen molar-refractivity contribution in [3.8, 4) is 11.1 Å². The molecule has 0 aliphatic carbocycles. The second kappa shape index (κ2) is 9.95. The zero-order valence-electron chi connectivity index (χ0n) is 15.6. The van der Waals surface area contributed by atoms with E-state index in [0.717, 1.165) is 28.7 Å². The van der Waals surface area contributed by atoms with Crippen LogP contribution in [0.3, 0.4) is 0 Å². The summed E-state index contributed by atoms with van der Waals surface area (Å²) >= 11 is 0.979. The van der Waals surface area contributed by atoms with Crippen molar-refractivity contribution >= 4 is 32.2 Å². The van der Waals surface area contributed by atoms with Crippen molar-refractivity contribution in [1.29, 1.82) is 0 Å². The van der Waals surface area contributed by atoms with Crippen LogP contribution in [0.15, 0.2) is 52.7 Å². The van der Waals surface area contributed by atoms with Gasteiger partial charge in [-0.15, -0.1) is 0 Å². The van der Waals surface area contributed by atoms with Crippen LogP contribution in [0, 0.1) is 12.7 Å². The van der Waals surface area contributed by atoms with Gasteiger partial charge in [0.15, 0.2) is 15.0 Å². The maximum atomic E-state index is 13.9. The second-order valence-corrected chi connectivity index (χ2v) is 9.64. The molecule has 0 saturated carbocycles. The summed E-state index contributed by atoms with van der Waals surface area (Å²) in [5.74, 6) is -0.515. The number of halogens is 1. The number of sulfone groups is 1. The number of benzene rings is 2. The molecule has 8 heteroatoms. The second-order valence-electron chi connectivity index (χ2n) is 6.45. The van der Waals surface area contributed by atoms with Gasteiger partial charge in [-0.25, -0.2) is 17.8 Å². The Morgan fingerprint density at radius 3 is 2.23 bits per heavy atom. The molecule has 0 aliphatic heterocycles. The summed E-state index contributed by atoms with van der Waals surface area (Å²) in [5, 5.41) is 0.339. The fourth-order valence-electron chi connectivity index (χ4n) is 2.75. The quantitative estimate of drug-likeness (QED) is 0.540. The number of amides is 1. The summed E-state index contributed by atoms with van der Waals surface area (Å²) in [6.45, 7) is 1.61. The molecular formula is C22H27FN2O3S2. The molecule has 1 heterocycles. The summed E-state index contributed by atoms with van der Waals surface area (Å²) in [7, 11) is -1.81. The number of hydrogen-bond acceptors (Lipinski definition) is 5. The summed E-state index contributed by atoms with van der Waals surface area (Å²) in [5.41, 5.74) is 2.39. The number of aryl methyl sites for hydroxylation is 1. The zero-order valence-corrected chi connectivity index (χ0v) is 17.3. The highest BCUT2D eigenvalue weighted by Crippen LogP contribution is 2.29. The van der Waals surface area contributed by atoms with Gasteiger partial charge in [0.1, 0.15) is 10.0 Å².